The molecule has 1 unspecified atom stereocenters. The van der Waals surface area contributed by atoms with Crippen molar-refractivity contribution in [2.45, 2.75) is 19.3 Å². The highest BCUT2D eigenvalue weighted by Crippen LogP contribution is 2.21. The molecule has 24 heavy (non-hydrogen) atoms. The van der Waals surface area contributed by atoms with Gasteiger partial charge in [0, 0.05) is 24.5 Å². The average molecular weight is 351 g/mol. The van der Waals surface area contributed by atoms with Gasteiger partial charge in [0.1, 0.15) is 5.78 Å². The van der Waals surface area contributed by atoms with Gasteiger partial charge in [0.2, 0.25) is 0 Å². The van der Waals surface area contributed by atoms with Crippen LogP contribution in [-0.2, 0) is 17.6 Å². The van der Waals surface area contributed by atoms with Crippen LogP contribution in [0.2, 0.25) is 5.02 Å². The van der Waals surface area contributed by atoms with Crippen LogP contribution in [0.4, 0.5) is 4.39 Å². The molecule has 0 aromatic heterocycles. The summed E-state index contributed by atoms with van der Waals surface area (Å²) in [5.74, 6) is -0.472. The maximum atomic E-state index is 13.7. The fourth-order valence-electron chi connectivity index (χ4n) is 2.60. The van der Waals surface area contributed by atoms with Gasteiger partial charge in [-0.05, 0) is 47.7 Å². The van der Waals surface area contributed by atoms with Gasteiger partial charge in [-0.3, -0.25) is 4.79 Å². The van der Waals surface area contributed by atoms with Crippen molar-refractivity contribution in [1.29, 1.82) is 0 Å². The van der Waals surface area contributed by atoms with E-state index in [2.05, 4.69) is 0 Å². The number of carbonyl (C=O) groups is 1. The predicted octanol–water partition coefficient (Wildman–Crippen LogP) is 3.84. The molecule has 2 aromatic carbocycles. The molecule has 0 radical (unpaired) electrons. The van der Waals surface area contributed by atoms with Gasteiger partial charge >= 0.3 is 0 Å². The summed E-state index contributed by atoms with van der Waals surface area (Å²) in [5, 5.41) is 10.1. The molecule has 2 rings (SSSR count). The number of aliphatic hydroxyl groups is 1. The lowest BCUT2D eigenvalue weighted by molar-refractivity contribution is -0.119. The van der Waals surface area contributed by atoms with E-state index < -0.39 is 5.82 Å². The minimum Gasteiger partial charge on any atom is -0.494 e. The molecule has 5 heteroatoms. The zero-order valence-electron chi connectivity index (χ0n) is 13.5. The summed E-state index contributed by atoms with van der Waals surface area (Å²) in [6.07, 6.45) is 0.973. The molecule has 128 valence electrons. The maximum Gasteiger partial charge on any atom is 0.165 e. The molecule has 1 atom stereocenters. The van der Waals surface area contributed by atoms with E-state index in [1.807, 2.05) is 12.1 Å². The Balaban J connectivity index is 1.94. The molecule has 0 saturated heterocycles. The van der Waals surface area contributed by atoms with Gasteiger partial charge in [-0.15, -0.1) is 0 Å². The third-order valence-electron chi connectivity index (χ3n) is 3.83. The van der Waals surface area contributed by atoms with Crippen LogP contribution in [0.1, 0.15) is 17.5 Å². The number of hydrogen-bond acceptors (Lipinski definition) is 3. The quantitative estimate of drug-likeness (QED) is 0.786. The van der Waals surface area contributed by atoms with Crippen molar-refractivity contribution in [3.63, 3.8) is 0 Å². The highest BCUT2D eigenvalue weighted by Gasteiger charge is 2.15. The summed E-state index contributed by atoms with van der Waals surface area (Å²) in [5.41, 5.74) is 1.61. The number of carbonyl (C=O) groups excluding carboxylic acids is 1. The minimum atomic E-state index is -0.445. The Hall–Kier alpha value is -1.91. The molecule has 0 spiro atoms. The lowest BCUT2D eigenvalue weighted by Crippen LogP contribution is -2.16. The average Bonchev–Trinajstić information content (AvgIpc) is 2.56. The molecular formula is C19H20ClFO3. The lowest BCUT2D eigenvalue weighted by atomic mass is 9.93. The molecule has 3 nitrogen and oxygen atoms in total. The lowest BCUT2D eigenvalue weighted by Gasteiger charge is -2.14. The standard InChI is InChI=1S/C19H20ClFO3/c1-24-19-7-4-14(11-18(19)21)8-15(12-22)10-17(23)9-13-2-5-16(20)6-3-13/h2-7,11,15,22H,8-10,12H2,1H3. The number of ketones is 1. The third kappa shape index (κ3) is 5.32. The molecular weight excluding hydrogens is 331 g/mol. The normalized spacial score (nSPS) is 12.0. The second-order valence-corrected chi connectivity index (χ2v) is 6.20. The highest BCUT2D eigenvalue weighted by atomic mass is 35.5. The van der Waals surface area contributed by atoms with Crippen molar-refractivity contribution >= 4 is 17.4 Å². The first-order chi connectivity index (χ1) is 11.5. The summed E-state index contributed by atoms with van der Waals surface area (Å²) in [7, 11) is 1.41. The van der Waals surface area contributed by atoms with Gasteiger partial charge in [0.25, 0.3) is 0 Å². The molecule has 0 aliphatic rings. The second-order valence-electron chi connectivity index (χ2n) is 5.77. The molecule has 0 heterocycles. The Morgan fingerprint density at radius 1 is 1.21 bits per heavy atom. The van der Waals surface area contributed by atoms with Gasteiger partial charge in [-0.1, -0.05) is 29.8 Å². The second kappa shape index (κ2) is 8.81. The number of hydrogen-bond donors (Lipinski definition) is 1. The summed E-state index contributed by atoms with van der Waals surface area (Å²) < 4.78 is 18.6. The van der Waals surface area contributed by atoms with Crippen LogP contribution in [0, 0.1) is 11.7 Å². The van der Waals surface area contributed by atoms with E-state index in [4.69, 9.17) is 16.3 Å². The Kier molecular flexibility index (Phi) is 6.76. The van der Waals surface area contributed by atoms with E-state index in [-0.39, 0.29) is 30.5 Å². The van der Waals surface area contributed by atoms with Crippen LogP contribution in [0.5, 0.6) is 5.75 Å². The van der Waals surface area contributed by atoms with E-state index in [0.717, 1.165) is 11.1 Å². The zero-order chi connectivity index (χ0) is 17.5. The highest BCUT2D eigenvalue weighted by molar-refractivity contribution is 6.30. The van der Waals surface area contributed by atoms with Crippen molar-refractivity contribution in [1.82, 2.24) is 0 Å². The fourth-order valence-corrected chi connectivity index (χ4v) is 2.72. The van der Waals surface area contributed by atoms with Crippen LogP contribution in [0.3, 0.4) is 0 Å². The van der Waals surface area contributed by atoms with E-state index in [0.29, 0.717) is 17.9 Å². The number of rotatable bonds is 8. The van der Waals surface area contributed by atoms with E-state index in [1.165, 1.54) is 13.2 Å². The van der Waals surface area contributed by atoms with E-state index >= 15 is 0 Å². The Morgan fingerprint density at radius 3 is 2.46 bits per heavy atom. The first kappa shape index (κ1) is 18.4. The number of aliphatic hydroxyl groups excluding tert-OH is 1. The predicted molar refractivity (Wildman–Crippen MR) is 92.0 cm³/mol. The number of ether oxygens (including phenoxy) is 1. The Bertz CT molecular complexity index is 686. The van der Waals surface area contributed by atoms with Crippen molar-refractivity contribution in [3.05, 3.63) is 64.4 Å². The van der Waals surface area contributed by atoms with Crippen molar-refractivity contribution in [2.24, 2.45) is 5.92 Å². The third-order valence-corrected chi connectivity index (χ3v) is 4.08. The first-order valence-corrected chi connectivity index (χ1v) is 8.09. The van der Waals surface area contributed by atoms with Gasteiger partial charge in [0.05, 0.1) is 7.11 Å². The SMILES string of the molecule is COc1ccc(CC(CO)CC(=O)Cc2ccc(Cl)cc2)cc1F. The summed E-state index contributed by atoms with van der Waals surface area (Å²) in [6, 6.07) is 11.8. The summed E-state index contributed by atoms with van der Waals surface area (Å²) >= 11 is 5.82. The molecule has 0 bridgehead atoms. The largest absolute Gasteiger partial charge is 0.494 e. The van der Waals surface area contributed by atoms with Crippen LogP contribution >= 0.6 is 11.6 Å². The van der Waals surface area contributed by atoms with Crippen LogP contribution in [0.25, 0.3) is 0 Å². The fraction of sp³-hybridized carbons (Fsp3) is 0.316. The maximum absolute atomic E-state index is 13.7. The molecule has 2 aromatic rings. The van der Waals surface area contributed by atoms with Crippen molar-refractivity contribution < 1.29 is 19.0 Å². The van der Waals surface area contributed by atoms with Crippen LogP contribution in [0.15, 0.2) is 42.5 Å². The first-order valence-electron chi connectivity index (χ1n) is 7.71. The van der Waals surface area contributed by atoms with E-state index in [1.54, 1.807) is 24.3 Å². The Labute approximate surface area is 146 Å². The zero-order valence-corrected chi connectivity index (χ0v) is 14.2. The van der Waals surface area contributed by atoms with Crippen molar-refractivity contribution in [2.75, 3.05) is 13.7 Å². The number of benzene rings is 2. The monoisotopic (exact) mass is 350 g/mol. The van der Waals surface area contributed by atoms with Crippen LogP contribution in [-0.4, -0.2) is 24.6 Å². The van der Waals surface area contributed by atoms with Gasteiger partial charge in [-0.25, -0.2) is 4.39 Å². The van der Waals surface area contributed by atoms with Crippen LogP contribution < -0.4 is 4.74 Å². The number of methoxy groups -OCH3 is 1. The van der Waals surface area contributed by atoms with Gasteiger partial charge in [-0.2, -0.15) is 0 Å². The topological polar surface area (TPSA) is 46.5 Å². The molecule has 1 N–H and O–H groups in total. The number of Topliss-reactive ketones (excluding diaryl/α,β-unsaturated/α-hetero) is 1. The summed E-state index contributed by atoms with van der Waals surface area (Å²) in [6.45, 7) is -0.125. The molecule has 0 aliphatic heterocycles. The van der Waals surface area contributed by atoms with Crippen molar-refractivity contribution in [3.8, 4) is 5.75 Å². The summed E-state index contributed by atoms with van der Waals surface area (Å²) in [4.78, 5) is 12.2. The van der Waals surface area contributed by atoms with E-state index in [9.17, 15) is 14.3 Å². The molecule has 0 aliphatic carbocycles. The number of halogens is 2. The van der Waals surface area contributed by atoms with Gasteiger partial charge < -0.3 is 9.84 Å². The van der Waals surface area contributed by atoms with Gasteiger partial charge in [0.15, 0.2) is 11.6 Å². The molecule has 0 amide bonds. The smallest absolute Gasteiger partial charge is 0.165 e. The molecule has 0 fully saturated rings. The molecule has 0 saturated carbocycles. The Morgan fingerprint density at radius 2 is 1.88 bits per heavy atom. The minimum absolute atomic E-state index is 0.0327.